The van der Waals surface area contributed by atoms with Crippen LogP contribution in [0.2, 0.25) is 0 Å². The standard InChI is InChI=1S/C18H20BrN3O2S/c1-22(11-17(23)20-14-9-7-13(19)8-10-14)12-18(24)21-15-5-3-4-6-16(15)25-2/h3-10H,11-12H2,1-2H3,(H,20,23)(H,21,24)/p+1. The highest BCUT2D eigenvalue weighted by Gasteiger charge is 2.15. The van der Waals surface area contributed by atoms with E-state index in [0.717, 1.165) is 25.6 Å². The summed E-state index contributed by atoms with van der Waals surface area (Å²) in [6.07, 6.45) is 1.97. The zero-order valence-corrected chi connectivity index (χ0v) is 16.5. The molecule has 132 valence electrons. The van der Waals surface area contributed by atoms with Crippen LogP contribution in [0.1, 0.15) is 0 Å². The molecule has 2 rings (SSSR count). The molecule has 0 radical (unpaired) electrons. The van der Waals surface area contributed by atoms with Crippen molar-refractivity contribution in [3.05, 3.63) is 53.0 Å². The second-order valence-corrected chi connectivity index (χ2v) is 7.38. The van der Waals surface area contributed by atoms with E-state index in [1.165, 1.54) is 0 Å². The maximum atomic E-state index is 12.2. The van der Waals surface area contributed by atoms with Gasteiger partial charge in [0, 0.05) is 15.1 Å². The van der Waals surface area contributed by atoms with E-state index in [2.05, 4.69) is 26.6 Å². The molecule has 1 atom stereocenters. The smallest absolute Gasteiger partial charge is 0.279 e. The van der Waals surface area contributed by atoms with Crippen LogP contribution in [0.25, 0.3) is 0 Å². The molecule has 0 aliphatic heterocycles. The first-order valence-corrected chi connectivity index (χ1v) is 9.79. The van der Waals surface area contributed by atoms with Crippen LogP contribution in [-0.4, -0.2) is 38.2 Å². The zero-order valence-electron chi connectivity index (χ0n) is 14.1. The Morgan fingerprint density at radius 1 is 1.00 bits per heavy atom. The Morgan fingerprint density at radius 2 is 1.60 bits per heavy atom. The van der Waals surface area contributed by atoms with Crippen LogP contribution in [0.3, 0.4) is 0 Å². The van der Waals surface area contributed by atoms with E-state index < -0.39 is 0 Å². The number of quaternary nitrogens is 1. The molecule has 0 spiro atoms. The Bertz CT molecular complexity index is 737. The molecule has 0 bridgehead atoms. The van der Waals surface area contributed by atoms with E-state index in [9.17, 15) is 9.59 Å². The molecule has 0 saturated carbocycles. The predicted octanol–water partition coefficient (Wildman–Crippen LogP) is 2.26. The number of thioether (sulfide) groups is 1. The van der Waals surface area contributed by atoms with Crippen molar-refractivity contribution < 1.29 is 14.5 Å². The topological polar surface area (TPSA) is 62.6 Å². The van der Waals surface area contributed by atoms with Crippen LogP contribution in [0, 0.1) is 0 Å². The normalized spacial score (nSPS) is 11.6. The molecule has 0 heterocycles. The number of anilines is 2. The highest BCUT2D eigenvalue weighted by molar-refractivity contribution is 9.10. The molecule has 2 aromatic rings. The summed E-state index contributed by atoms with van der Waals surface area (Å²) in [6, 6.07) is 15.0. The maximum Gasteiger partial charge on any atom is 0.279 e. The van der Waals surface area contributed by atoms with Gasteiger partial charge in [-0.05, 0) is 42.7 Å². The van der Waals surface area contributed by atoms with Crippen LogP contribution >= 0.6 is 27.7 Å². The molecule has 0 aliphatic rings. The highest BCUT2D eigenvalue weighted by Crippen LogP contribution is 2.24. The largest absolute Gasteiger partial charge is 0.322 e. The predicted molar refractivity (Wildman–Crippen MR) is 106 cm³/mol. The third-order valence-electron chi connectivity index (χ3n) is 3.43. The van der Waals surface area contributed by atoms with E-state index in [0.29, 0.717) is 0 Å². The summed E-state index contributed by atoms with van der Waals surface area (Å²) in [5.41, 5.74) is 1.53. The lowest BCUT2D eigenvalue weighted by molar-refractivity contribution is -0.862. The van der Waals surface area contributed by atoms with Crippen molar-refractivity contribution in [1.82, 2.24) is 0 Å². The molecule has 0 aromatic heterocycles. The SMILES string of the molecule is CSc1ccccc1NC(=O)C[NH+](C)CC(=O)Nc1ccc(Br)cc1. The Hall–Kier alpha value is -1.83. The van der Waals surface area contributed by atoms with E-state index in [4.69, 9.17) is 0 Å². The third-order valence-corrected chi connectivity index (χ3v) is 4.76. The van der Waals surface area contributed by atoms with Gasteiger partial charge in [0.1, 0.15) is 0 Å². The summed E-state index contributed by atoms with van der Waals surface area (Å²) in [4.78, 5) is 26.1. The number of likely N-dealkylation sites (N-methyl/N-ethyl adjacent to an activating group) is 1. The zero-order chi connectivity index (χ0) is 18.2. The number of hydrogen-bond donors (Lipinski definition) is 3. The Labute approximate surface area is 160 Å². The lowest BCUT2D eigenvalue weighted by Crippen LogP contribution is -3.11. The molecule has 0 saturated heterocycles. The van der Waals surface area contributed by atoms with Gasteiger partial charge in [0.05, 0.1) is 12.7 Å². The van der Waals surface area contributed by atoms with E-state index >= 15 is 0 Å². The number of para-hydroxylation sites is 1. The fourth-order valence-electron chi connectivity index (χ4n) is 2.29. The second kappa shape index (κ2) is 9.60. The quantitative estimate of drug-likeness (QED) is 0.599. The molecule has 1 unspecified atom stereocenters. The van der Waals surface area contributed by atoms with Gasteiger partial charge in [0.15, 0.2) is 13.1 Å². The van der Waals surface area contributed by atoms with E-state index in [1.54, 1.807) is 11.8 Å². The third kappa shape index (κ3) is 6.53. The summed E-state index contributed by atoms with van der Waals surface area (Å²) >= 11 is 4.93. The van der Waals surface area contributed by atoms with Crippen molar-refractivity contribution in [2.24, 2.45) is 0 Å². The number of carbonyl (C=O) groups excluding carboxylic acids is 2. The minimum atomic E-state index is -0.128. The number of nitrogens with one attached hydrogen (secondary N) is 3. The monoisotopic (exact) mass is 422 g/mol. The van der Waals surface area contributed by atoms with Crippen LogP contribution in [0.4, 0.5) is 11.4 Å². The van der Waals surface area contributed by atoms with Crippen LogP contribution in [0.15, 0.2) is 57.9 Å². The first kappa shape index (κ1) is 19.5. The molecule has 3 N–H and O–H groups in total. The van der Waals surface area contributed by atoms with Crippen molar-refractivity contribution in [2.45, 2.75) is 4.90 Å². The average molecular weight is 423 g/mol. The minimum absolute atomic E-state index is 0.115. The molecule has 7 heteroatoms. The number of hydrogen-bond acceptors (Lipinski definition) is 3. The summed E-state index contributed by atoms with van der Waals surface area (Å²) in [7, 11) is 1.82. The molecule has 5 nitrogen and oxygen atoms in total. The molecule has 0 fully saturated rings. The molecule has 0 aliphatic carbocycles. The lowest BCUT2D eigenvalue weighted by Gasteiger charge is -2.14. The fourth-order valence-corrected chi connectivity index (χ4v) is 3.11. The summed E-state index contributed by atoms with van der Waals surface area (Å²) in [5, 5.41) is 5.73. The summed E-state index contributed by atoms with van der Waals surface area (Å²) in [6.45, 7) is 0.435. The van der Waals surface area contributed by atoms with E-state index in [-0.39, 0.29) is 24.9 Å². The van der Waals surface area contributed by atoms with Gasteiger partial charge in [-0.1, -0.05) is 28.1 Å². The van der Waals surface area contributed by atoms with Crippen molar-refractivity contribution in [2.75, 3.05) is 37.0 Å². The summed E-state index contributed by atoms with van der Waals surface area (Å²) in [5.74, 6) is -0.243. The number of amides is 2. The van der Waals surface area contributed by atoms with Crippen molar-refractivity contribution in [3.8, 4) is 0 Å². The molecular formula is C18H21BrN3O2S+. The Kier molecular flexibility index (Phi) is 7.49. The maximum absolute atomic E-state index is 12.2. The second-order valence-electron chi connectivity index (χ2n) is 5.61. The molecular weight excluding hydrogens is 402 g/mol. The number of carbonyl (C=O) groups is 2. The first-order valence-electron chi connectivity index (χ1n) is 7.77. The van der Waals surface area contributed by atoms with Gasteiger partial charge in [-0.15, -0.1) is 11.8 Å². The number of benzene rings is 2. The number of halogens is 1. The molecule has 2 aromatic carbocycles. The van der Waals surface area contributed by atoms with Gasteiger partial charge in [0.25, 0.3) is 11.8 Å². The van der Waals surface area contributed by atoms with Crippen molar-refractivity contribution >= 4 is 50.9 Å². The van der Waals surface area contributed by atoms with Crippen LogP contribution in [0.5, 0.6) is 0 Å². The number of rotatable bonds is 7. The van der Waals surface area contributed by atoms with Crippen molar-refractivity contribution in [1.29, 1.82) is 0 Å². The molecule has 25 heavy (non-hydrogen) atoms. The van der Waals surface area contributed by atoms with Gasteiger partial charge in [-0.25, -0.2) is 0 Å². The van der Waals surface area contributed by atoms with Crippen LogP contribution in [-0.2, 0) is 9.59 Å². The van der Waals surface area contributed by atoms with Gasteiger partial charge >= 0.3 is 0 Å². The fraction of sp³-hybridized carbons (Fsp3) is 0.222. The summed E-state index contributed by atoms with van der Waals surface area (Å²) < 4.78 is 0.954. The Morgan fingerprint density at radius 3 is 2.24 bits per heavy atom. The van der Waals surface area contributed by atoms with Gasteiger partial charge in [0.2, 0.25) is 0 Å². The first-order chi connectivity index (χ1) is 12.0. The minimum Gasteiger partial charge on any atom is -0.322 e. The van der Waals surface area contributed by atoms with Gasteiger partial charge in [-0.3, -0.25) is 9.59 Å². The van der Waals surface area contributed by atoms with Gasteiger partial charge < -0.3 is 15.5 Å². The van der Waals surface area contributed by atoms with Gasteiger partial charge in [-0.2, -0.15) is 0 Å². The molecule has 2 amide bonds. The lowest BCUT2D eigenvalue weighted by atomic mass is 10.3. The highest BCUT2D eigenvalue weighted by atomic mass is 79.9. The average Bonchev–Trinajstić information content (AvgIpc) is 2.57. The van der Waals surface area contributed by atoms with Crippen molar-refractivity contribution in [3.63, 3.8) is 0 Å². The van der Waals surface area contributed by atoms with E-state index in [1.807, 2.05) is 61.8 Å². The van der Waals surface area contributed by atoms with Crippen LogP contribution < -0.4 is 15.5 Å². The Balaban J connectivity index is 1.82.